The van der Waals surface area contributed by atoms with Crippen LogP contribution in [0.25, 0.3) is 0 Å². The molecule has 0 aromatic carbocycles. The Morgan fingerprint density at radius 2 is 0.447 bits per heavy atom. The van der Waals surface area contributed by atoms with Crippen LogP contribution in [-0.2, 0) is 65.4 Å². The van der Waals surface area contributed by atoms with Gasteiger partial charge in [0.25, 0.3) is 0 Å². The Bertz CT molecular complexity index is 1850. The molecule has 17 nitrogen and oxygen atoms in total. The summed E-state index contributed by atoms with van der Waals surface area (Å²) >= 11 is 0. The van der Waals surface area contributed by atoms with Crippen LogP contribution in [0.4, 0.5) is 0 Å². The molecule has 0 aliphatic rings. The van der Waals surface area contributed by atoms with Crippen molar-refractivity contribution in [3.63, 3.8) is 0 Å². The van der Waals surface area contributed by atoms with Gasteiger partial charge in [0.1, 0.15) is 19.3 Å². The molecular weight excluding hydrogens is 1230 g/mol. The molecule has 94 heavy (non-hydrogen) atoms. The van der Waals surface area contributed by atoms with Crippen LogP contribution < -0.4 is 0 Å². The molecule has 0 amide bonds. The van der Waals surface area contributed by atoms with E-state index in [-0.39, 0.29) is 25.7 Å². The average molecular weight is 1380 g/mol. The van der Waals surface area contributed by atoms with Crippen molar-refractivity contribution >= 4 is 39.5 Å². The molecule has 3 unspecified atom stereocenters. The molecule has 0 rings (SSSR count). The Morgan fingerprint density at radius 3 is 0.660 bits per heavy atom. The molecule has 558 valence electrons. The van der Waals surface area contributed by atoms with Gasteiger partial charge in [-0.3, -0.25) is 37.3 Å². The molecule has 0 aliphatic carbocycles. The van der Waals surface area contributed by atoms with Crippen LogP contribution in [0.5, 0.6) is 0 Å². The van der Waals surface area contributed by atoms with Crippen LogP contribution in [0.15, 0.2) is 0 Å². The predicted octanol–water partition coefficient (Wildman–Crippen LogP) is 21.7. The van der Waals surface area contributed by atoms with E-state index in [1.807, 2.05) is 0 Å². The van der Waals surface area contributed by atoms with E-state index in [2.05, 4.69) is 55.4 Å². The first-order valence-corrected chi connectivity index (χ1v) is 41.7. The van der Waals surface area contributed by atoms with Gasteiger partial charge in [-0.05, 0) is 49.4 Å². The minimum atomic E-state index is -4.96. The second kappa shape index (κ2) is 64.4. The van der Waals surface area contributed by atoms with Gasteiger partial charge in [0.2, 0.25) is 0 Å². The summed E-state index contributed by atoms with van der Waals surface area (Å²) in [7, 11) is -9.91. The number of carbonyl (C=O) groups excluding carboxylic acids is 4. The molecule has 3 N–H and O–H groups in total. The smallest absolute Gasteiger partial charge is 0.462 e. The maximum absolute atomic E-state index is 13.1. The Labute approximate surface area is 575 Å². The third-order valence-corrected chi connectivity index (χ3v) is 19.2. The van der Waals surface area contributed by atoms with E-state index in [1.165, 1.54) is 173 Å². The van der Waals surface area contributed by atoms with Gasteiger partial charge in [-0.2, -0.15) is 0 Å². The topological polar surface area (TPSA) is 237 Å². The number of hydrogen-bond donors (Lipinski definition) is 3. The molecule has 0 heterocycles. The number of phosphoric acid groups is 2. The number of carbonyl (C=O) groups is 4. The van der Waals surface area contributed by atoms with Crippen molar-refractivity contribution in [2.75, 3.05) is 39.6 Å². The largest absolute Gasteiger partial charge is 0.472 e. The average Bonchev–Trinajstić information content (AvgIpc) is 1.50. The molecule has 0 aliphatic heterocycles. The number of phosphoric ester groups is 2. The Hall–Kier alpha value is -1.94. The third kappa shape index (κ3) is 68.6. The fourth-order valence-corrected chi connectivity index (χ4v) is 13.0. The van der Waals surface area contributed by atoms with Gasteiger partial charge in [-0.1, -0.05) is 325 Å². The monoisotopic (exact) mass is 1380 g/mol. The maximum atomic E-state index is 13.1. The molecule has 0 aromatic rings. The number of unbranched alkanes of at least 4 members (excludes halogenated alkanes) is 38. The molecule has 0 aromatic heterocycles. The summed E-state index contributed by atoms with van der Waals surface area (Å²) in [5.74, 6) is 0.890. The van der Waals surface area contributed by atoms with E-state index in [4.69, 9.17) is 37.0 Å². The van der Waals surface area contributed by atoms with E-state index in [9.17, 15) is 43.2 Å². The van der Waals surface area contributed by atoms with Crippen LogP contribution in [0.1, 0.15) is 376 Å². The zero-order chi connectivity index (χ0) is 69.6. The second-order valence-corrected chi connectivity index (χ2v) is 31.9. The van der Waals surface area contributed by atoms with E-state index < -0.39 is 97.5 Å². The highest BCUT2D eigenvalue weighted by Gasteiger charge is 2.30. The van der Waals surface area contributed by atoms with Crippen molar-refractivity contribution in [3.05, 3.63) is 0 Å². The fraction of sp³-hybridized carbons (Fsp3) is 0.947. The molecule has 0 radical (unpaired) electrons. The highest BCUT2D eigenvalue weighted by molar-refractivity contribution is 7.47. The summed E-state index contributed by atoms with van der Waals surface area (Å²) in [6.07, 6.45) is 48.7. The van der Waals surface area contributed by atoms with Gasteiger partial charge in [-0.15, -0.1) is 0 Å². The first-order chi connectivity index (χ1) is 45.1. The number of rotatable bonds is 72. The van der Waals surface area contributed by atoms with Crippen LogP contribution in [0, 0.1) is 23.7 Å². The zero-order valence-electron chi connectivity index (χ0n) is 61.6. The Balaban J connectivity index is 5.23. The Kier molecular flexibility index (Phi) is 63.1. The van der Waals surface area contributed by atoms with Gasteiger partial charge in [-0.25, -0.2) is 9.13 Å². The number of aliphatic hydroxyl groups excluding tert-OH is 1. The number of ether oxygens (including phenoxy) is 4. The fourth-order valence-electron chi connectivity index (χ4n) is 11.4. The van der Waals surface area contributed by atoms with Crippen molar-refractivity contribution in [2.45, 2.75) is 395 Å². The van der Waals surface area contributed by atoms with Crippen LogP contribution in [0.2, 0.25) is 0 Å². The number of aliphatic hydroxyl groups is 1. The zero-order valence-corrected chi connectivity index (χ0v) is 63.4. The van der Waals surface area contributed by atoms with Gasteiger partial charge in [0.05, 0.1) is 26.4 Å². The minimum absolute atomic E-state index is 0.106. The van der Waals surface area contributed by atoms with E-state index in [0.717, 1.165) is 114 Å². The molecule has 0 fully saturated rings. The maximum Gasteiger partial charge on any atom is 0.472 e. The lowest BCUT2D eigenvalue weighted by molar-refractivity contribution is -0.161. The summed E-state index contributed by atoms with van der Waals surface area (Å²) < 4.78 is 68.5. The molecule has 19 heteroatoms. The highest BCUT2D eigenvalue weighted by Crippen LogP contribution is 2.45. The van der Waals surface area contributed by atoms with Crippen LogP contribution >= 0.6 is 15.6 Å². The van der Waals surface area contributed by atoms with E-state index in [1.54, 1.807) is 0 Å². The second-order valence-electron chi connectivity index (χ2n) is 28.9. The third-order valence-electron chi connectivity index (χ3n) is 17.3. The van der Waals surface area contributed by atoms with Crippen molar-refractivity contribution in [2.24, 2.45) is 23.7 Å². The predicted molar refractivity (Wildman–Crippen MR) is 381 cm³/mol. The van der Waals surface area contributed by atoms with Gasteiger partial charge < -0.3 is 33.8 Å². The van der Waals surface area contributed by atoms with E-state index in [0.29, 0.717) is 31.6 Å². The van der Waals surface area contributed by atoms with Gasteiger partial charge in [0.15, 0.2) is 12.2 Å². The van der Waals surface area contributed by atoms with Crippen molar-refractivity contribution in [1.82, 2.24) is 0 Å². The lowest BCUT2D eigenvalue weighted by atomic mass is 10.0. The van der Waals surface area contributed by atoms with Crippen molar-refractivity contribution < 1.29 is 80.2 Å². The first kappa shape index (κ1) is 92.1. The van der Waals surface area contributed by atoms with Crippen LogP contribution in [-0.4, -0.2) is 96.7 Å². The Morgan fingerprint density at radius 1 is 0.266 bits per heavy atom. The van der Waals surface area contributed by atoms with Crippen LogP contribution in [0.3, 0.4) is 0 Å². The lowest BCUT2D eigenvalue weighted by Crippen LogP contribution is -2.30. The summed E-state index contributed by atoms with van der Waals surface area (Å²) in [4.78, 5) is 72.7. The van der Waals surface area contributed by atoms with Crippen molar-refractivity contribution in [1.29, 1.82) is 0 Å². The lowest BCUT2D eigenvalue weighted by Gasteiger charge is -2.21. The summed E-state index contributed by atoms with van der Waals surface area (Å²) in [5.41, 5.74) is 0. The first-order valence-electron chi connectivity index (χ1n) is 38.7. The molecular formula is C75H146O17P2. The number of esters is 4. The molecule has 5 atom stereocenters. The normalized spacial score (nSPS) is 14.2. The molecule has 0 saturated heterocycles. The summed E-state index contributed by atoms with van der Waals surface area (Å²) in [6, 6.07) is 0. The van der Waals surface area contributed by atoms with Crippen molar-refractivity contribution in [3.8, 4) is 0 Å². The quantitative estimate of drug-likeness (QED) is 0.0222. The SMILES string of the molecule is CC(C)CCCCCCCCCCCCCCCCC(=O)O[C@H](COC(=O)CCCCCCCCCC(C)C)COP(=O)(O)OCC(O)COP(=O)(O)OC[C@@H](COC(=O)CCCCCCCCCCC(C)C)OC(=O)CCCCCCCCCCCCCCCC(C)C. The molecule has 0 bridgehead atoms. The minimum Gasteiger partial charge on any atom is -0.462 e. The van der Waals surface area contributed by atoms with E-state index >= 15 is 0 Å². The molecule has 0 spiro atoms. The highest BCUT2D eigenvalue weighted by atomic mass is 31.2. The van der Waals surface area contributed by atoms with Gasteiger partial charge >= 0.3 is 39.5 Å². The standard InChI is InChI=1S/C75H146O17P2/c1-65(2)51-43-35-27-20-16-12-9-10-14-18-22-32-41-49-57-75(80)92-71(62-86-73(78)56-48-40-34-26-30-38-46-54-68(7)8)64-90-94(83,84)88-60-69(76)59-87-93(81,82)89-63-70(61-85-72(77)55-47-39-31-25-24-29-37-45-53-67(5)6)91-74(79)58-50-42-33-23-19-15-11-13-17-21-28-36-44-52-66(3)4/h65-71,76H,9-64H2,1-8H3,(H,81,82)(H,83,84)/t69?,70-,71-/m1/s1. The summed E-state index contributed by atoms with van der Waals surface area (Å²) in [5, 5.41) is 10.6. The van der Waals surface area contributed by atoms with Gasteiger partial charge in [0, 0.05) is 25.7 Å². The molecule has 0 saturated carbocycles. The summed E-state index contributed by atoms with van der Waals surface area (Å²) in [6.45, 7) is 14.1. The number of hydrogen-bond acceptors (Lipinski definition) is 15.